The van der Waals surface area contributed by atoms with Crippen LogP contribution in [0.5, 0.6) is 0 Å². The minimum Gasteiger partial charge on any atom is -0.478 e. The molecular weight excluding hydrogens is 430 g/mol. The van der Waals surface area contributed by atoms with Crippen molar-refractivity contribution in [1.29, 1.82) is 0 Å². The summed E-state index contributed by atoms with van der Waals surface area (Å²) in [5.74, 6) is -0.417. The largest absolute Gasteiger partial charge is 0.478 e. The number of pyridine rings is 1. The second kappa shape index (κ2) is 8.30. The van der Waals surface area contributed by atoms with Gasteiger partial charge >= 0.3 is 5.97 Å². The van der Waals surface area contributed by atoms with Crippen LogP contribution in [0.3, 0.4) is 0 Å². The molecule has 5 rings (SSSR count). The van der Waals surface area contributed by atoms with E-state index in [4.69, 9.17) is 4.98 Å². The Kier molecular flexibility index (Phi) is 5.28. The number of aryl methyl sites for hydroxylation is 1. The van der Waals surface area contributed by atoms with E-state index in [0.717, 1.165) is 22.4 Å². The van der Waals surface area contributed by atoms with Crippen LogP contribution in [0.1, 0.15) is 45.7 Å². The molecule has 0 spiro atoms. The minimum absolute atomic E-state index is 0.119. The third-order valence-electron chi connectivity index (χ3n) is 6.30. The normalized spacial score (nSPS) is 13.7. The summed E-state index contributed by atoms with van der Waals surface area (Å²) >= 11 is 0. The molecule has 0 fully saturated rings. The summed E-state index contributed by atoms with van der Waals surface area (Å²) in [7, 11) is 1.74. The van der Waals surface area contributed by atoms with Gasteiger partial charge in [0.25, 0.3) is 5.56 Å². The zero-order valence-electron chi connectivity index (χ0n) is 19.2. The molecule has 8 nitrogen and oxygen atoms in total. The number of hydrogen-bond acceptors (Lipinski definition) is 6. The summed E-state index contributed by atoms with van der Waals surface area (Å²) in [5.41, 5.74) is 5.09. The predicted molar refractivity (Wildman–Crippen MR) is 131 cm³/mol. The van der Waals surface area contributed by atoms with Gasteiger partial charge in [-0.05, 0) is 49.2 Å². The molecule has 3 heterocycles. The van der Waals surface area contributed by atoms with Gasteiger partial charge in [0.05, 0.1) is 34.7 Å². The lowest BCUT2D eigenvalue weighted by atomic mass is 10.0. The number of aromatic nitrogens is 3. The maximum Gasteiger partial charge on any atom is 0.337 e. The van der Waals surface area contributed by atoms with E-state index in [1.807, 2.05) is 38.1 Å². The van der Waals surface area contributed by atoms with Gasteiger partial charge in [0.1, 0.15) is 0 Å². The highest BCUT2D eigenvalue weighted by Gasteiger charge is 2.25. The monoisotopic (exact) mass is 455 g/mol. The Hall–Kier alpha value is -4.20. The predicted octanol–water partition coefficient (Wildman–Crippen LogP) is 4.03. The Balaban J connectivity index is 1.60. The molecule has 8 heteroatoms. The van der Waals surface area contributed by atoms with E-state index in [1.54, 1.807) is 42.1 Å². The average Bonchev–Trinajstić information content (AvgIpc) is 3.25. The topological polar surface area (TPSA) is 100 Å². The van der Waals surface area contributed by atoms with Crippen molar-refractivity contribution in [1.82, 2.24) is 14.5 Å². The van der Waals surface area contributed by atoms with Gasteiger partial charge < -0.3 is 15.3 Å². The van der Waals surface area contributed by atoms with Crippen LogP contribution in [0.2, 0.25) is 0 Å². The van der Waals surface area contributed by atoms with Crippen molar-refractivity contribution >= 4 is 28.5 Å². The van der Waals surface area contributed by atoms with Crippen molar-refractivity contribution in [3.05, 3.63) is 93.0 Å². The van der Waals surface area contributed by atoms with Gasteiger partial charge in [0.15, 0.2) is 0 Å². The van der Waals surface area contributed by atoms with E-state index in [9.17, 15) is 14.7 Å². The van der Waals surface area contributed by atoms with Gasteiger partial charge in [-0.1, -0.05) is 24.3 Å². The summed E-state index contributed by atoms with van der Waals surface area (Å²) < 4.78 is 1.59. The van der Waals surface area contributed by atoms with Crippen LogP contribution in [-0.2, 0) is 20.1 Å². The number of para-hydroxylation sites is 1. The van der Waals surface area contributed by atoms with E-state index < -0.39 is 5.97 Å². The number of carbonyl (C=O) groups is 1. The summed E-state index contributed by atoms with van der Waals surface area (Å²) in [6.45, 7) is 5.11. The van der Waals surface area contributed by atoms with Crippen LogP contribution in [0, 0.1) is 6.92 Å². The van der Waals surface area contributed by atoms with Crippen molar-refractivity contribution in [2.45, 2.75) is 33.0 Å². The van der Waals surface area contributed by atoms with Crippen molar-refractivity contribution in [2.24, 2.45) is 7.05 Å². The van der Waals surface area contributed by atoms with Crippen molar-refractivity contribution < 1.29 is 9.90 Å². The Morgan fingerprint density at radius 1 is 1.15 bits per heavy atom. The van der Waals surface area contributed by atoms with Crippen LogP contribution in [0.15, 0.2) is 59.5 Å². The molecule has 0 saturated carbocycles. The number of carboxylic acids is 1. The van der Waals surface area contributed by atoms with Crippen molar-refractivity contribution in [2.75, 3.05) is 10.2 Å². The maximum atomic E-state index is 13.4. The fourth-order valence-electron chi connectivity index (χ4n) is 4.60. The van der Waals surface area contributed by atoms with E-state index in [1.165, 1.54) is 0 Å². The lowest BCUT2D eigenvalue weighted by Gasteiger charge is -2.23. The lowest BCUT2D eigenvalue weighted by Crippen LogP contribution is -2.28. The second-order valence-corrected chi connectivity index (χ2v) is 8.71. The molecule has 34 heavy (non-hydrogen) atoms. The molecule has 1 aliphatic heterocycles. The minimum atomic E-state index is -0.999. The maximum absolute atomic E-state index is 13.4. The van der Waals surface area contributed by atoms with Gasteiger partial charge in [0.2, 0.25) is 5.95 Å². The highest BCUT2D eigenvalue weighted by atomic mass is 16.4. The number of nitrogens with one attached hydrogen (secondary N) is 1. The quantitative estimate of drug-likeness (QED) is 0.469. The fraction of sp³-hybridized carbons (Fsp3) is 0.231. The Bertz CT molecular complexity index is 1470. The van der Waals surface area contributed by atoms with Gasteiger partial charge in [-0.3, -0.25) is 14.3 Å². The molecule has 1 unspecified atom stereocenters. The van der Waals surface area contributed by atoms with E-state index in [2.05, 4.69) is 15.2 Å². The van der Waals surface area contributed by atoms with E-state index in [-0.39, 0.29) is 17.2 Å². The number of nitrogens with zero attached hydrogens (tertiary/aromatic N) is 4. The molecule has 0 saturated heterocycles. The first kappa shape index (κ1) is 21.6. The highest BCUT2D eigenvalue weighted by Crippen LogP contribution is 2.30. The lowest BCUT2D eigenvalue weighted by molar-refractivity contribution is 0.0698. The summed E-state index contributed by atoms with van der Waals surface area (Å²) in [6, 6.07) is 14.3. The number of fused-ring (bicyclic) bond motifs is 2. The molecule has 172 valence electrons. The van der Waals surface area contributed by atoms with Crippen LogP contribution in [0.25, 0.3) is 10.9 Å². The summed E-state index contributed by atoms with van der Waals surface area (Å²) in [6.07, 6.45) is 1.78. The summed E-state index contributed by atoms with van der Waals surface area (Å²) in [4.78, 5) is 36.5. The fourth-order valence-corrected chi connectivity index (χ4v) is 4.60. The molecule has 0 aliphatic carbocycles. The molecule has 1 atom stereocenters. The van der Waals surface area contributed by atoms with Gasteiger partial charge in [-0.2, -0.15) is 0 Å². The third-order valence-corrected chi connectivity index (χ3v) is 6.30. The molecule has 2 N–H and O–H groups in total. The SMILES string of the molecule is Cc1cc(C(C)Nc2ccccc2C(=O)O)c2nc(N3Cc4cccnc4C3)n(C)c(=O)c2c1. The van der Waals surface area contributed by atoms with Crippen LogP contribution >= 0.6 is 0 Å². The number of benzene rings is 2. The second-order valence-electron chi connectivity index (χ2n) is 8.71. The third kappa shape index (κ3) is 3.67. The molecule has 0 amide bonds. The van der Waals surface area contributed by atoms with Gasteiger partial charge in [-0.25, -0.2) is 9.78 Å². The standard InChI is InChI=1S/C26H25N5O3/c1-15-11-19(16(2)28-21-9-5-4-8-18(21)25(33)34)23-20(12-15)24(32)30(3)26(29-23)31-13-17-7-6-10-27-22(17)14-31/h4-12,16,28H,13-14H2,1-3H3,(H,33,34). The number of rotatable bonds is 5. The zero-order valence-corrected chi connectivity index (χ0v) is 19.2. The average molecular weight is 456 g/mol. The summed E-state index contributed by atoms with van der Waals surface area (Å²) in [5, 5.41) is 13.4. The Morgan fingerprint density at radius 2 is 1.94 bits per heavy atom. The van der Waals surface area contributed by atoms with Crippen LogP contribution in [0.4, 0.5) is 11.6 Å². The molecular formula is C26H25N5O3. The smallest absolute Gasteiger partial charge is 0.337 e. The first-order valence-electron chi connectivity index (χ1n) is 11.1. The number of aromatic carboxylic acids is 1. The van der Waals surface area contributed by atoms with Gasteiger partial charge in [0, 0.05) is 31.0 Å². The zero-order chi connectivity index (χ0) is 24.0. The molecule has 1 aliphatic rings. The Morgan fingerprint density at radius 3 is 2.71 bits per heavy atom. The molecule has 4 aromatic rings. The van der Waals surface area contributed by atoms with Crippen molar-refractivity contribution in [3.63, 3.8) is 0 Å². The van der Waals surface area contributed by atoms with Gasteiger partial charge in [-0.15, -0.1) is 0 Å². The molecule has 0 bridgehead atoms. The number of hydrogen-bond donors (Lipinski definition) is 2. The van der Waals surface area contributed by atoms with Crippen molar-refractivity contribution in [3.8, 4) is 0 Å². The first-order chi connectivity index (χ1) is 16.3. The molecule has 2 aromatic carbocycles. The van der Waals surface area contributed by atoms with E-state index >= 15 is 0 Å². The first-order valence-corrected chi connectivity index (χ1v) is 11.1. The Labute approximate surface area is 196 Å². The van der Waals surface area contributed by atoms with E-state index in [0.29, 0.717) is 35.6 Å². The number of carboxylic acid groups (broad SMARTS) is 1. The molecule has 2 aromatic heterocycles. The highest BCUT2D eigenvalue weighted by molar-refractivity contribution is 5.94. The molecule has 0 radical (unpaired) electrons. The van der Waals surface area contributed by atoms with Crippen LogP contribution < -0.4 is 15.8 Å². The number of anilines is 2. The van der Waals surface area contributed by atoms with Crippen LogP contribution in [-0.4, -0.2) is 25.6 Å².